The smallest absolute Gasteiger partial charge is 0.258 e. The monoisotopic (exact) mass is 314 g/mol. The first kappa shape index (κ1) is 16.1. The first-order valence-corrected chi connectivity index (χ1v) is 8.77. The van der Waals surface area contributed by atoms with E-state index in [4.69, 9.17) is 4.74 Å². The Hall–Kier alpha value is -1.81. The van der Waals surface area contributed by atoms with Gasteiger partial charge in [0.05, 0.1) is 5.39 Å². The Morgan fingerprint density at radius 1 is 1.04 bits per heavy atom. The van der Waals surface area contributed by atoms with Gasteiger partial charge < -0.3 is 9.30 Å². The minimum Gasteiger partial charge on any atom is -0.492 e. The highest BCUT2D eigenvalue weighted by Crippen LogP contribution is 2.23. The summed E-state index contributed by atoms with van der Waals surface area (Å²) in [4.78, 5) is 15.0. The highest BCUT2D eigenvalue weighted by Gasteiger charge is 2.11. The summed E-state index contributed by atoms with van der Waals surface area (Å²) in [5, 5.41) is 1.67. The molecule has 0 atom stereocenters. The van der Waals surface area contributed by atoms with Gasteiger partial charge in [-0.1, -0.05) is 19.4 Å². The van der Waals surface area contributed by atoms with Gasteiger partial charge in [0.1, 0.15) is 12.4 Å². The van der Waals surface area contributed by atoms with Crippen LogP contribution in [0.1, 0.15) is 32.6 Å². The third kappa shape index (κ3) is 3.75. The topological polar surface area (TPSA) is 34.5 Å². The molecule has 0 unspecified atom stereocenters. The molecule has 1 aromatic heterocycles. The first-order chi connectivity index (χ1) is 11.3. The molecule has 0 saturated carbocycles. The van der Waals surface area contributed by atoms with Crippen molar-refractivity contribution in [3.63, 3.8) is 0 Å². The Labute approximate surface area is 137 Å². The van der Waals surface area contributed by atoms with E-state index in [1.54, 1.807) is 4.57 Å². The summed E-state index contributed by atoms with van der Waals surface area (Å²) < 4.78 is 7.76. The summed E-state index contributed by atoms with van der Waals surface area (Å²) in [5.41, 5.74) is 0.0748. The molecular weight excluding hydrogens is 288 g/mol. The Bertz CT molecular complexity index is 702. The van der Waals surface area contributed by atoms with Gasteiger partial charge in [-0.15, -0.1) is 0 Å². The zero-order chi connectivity index (χ0) is 16.1. The largest absolute Gasteiger partial charge is 0.492 e. The summed E-state index contributed by atoms with van der Waals surface area (Å²) in [6.07, 6.45) is 6.78. The van der Waals surface area contributed by atoms with Gasteiger partial charge in [-0.05, 0) is 50.6 Å². The maximum absolute atomic E-state index is 12.5. The molecule has 4 nitrogen and oxygen atoms in total. The van der Waals surface area contributed by atoms with Crippen LogP contribution in [-0.2, 0) is 6.54 Å². The Kier molecular flexibility index (Phi) is 5.34. The standard InChI is InChI=1S/C19H26N2O2/c1-2-10-21-13-9-16-17(19(21)22)7-6-8-18(16)23-15-14-20-11-4-3-5-12-20/h6-9,13H,2-5,10-12,14-15H2,1H3. The van der Waals surface area contributed by atoms with E-state index >= 15 is 0 Å². The quantitative estimate of drug-likeness (QED) is 0.820. The number of rotatable bonds is 6. The number of benzene rings is 1. The highest BCUT2D eigenvalue weighted by atomic mass is 16.5. The third-order valence-corrected chi connectivity index (χ3v) is 4.56. The van der Waals surface area contributed by atoms with Crippen molar-refractivity contribution < 1.29 is 4.74 Å². The van der Waals surface area contributed by atoms with Crippen LogP contribution < -0.4 is 10.3 Å². The maximum Gasteiger partial charge on any atom is 0.258 e. The van der Waals surface area contributed by atoms with Crippen molar-refractivity contribution in [1.29, 1.82) is 0 Å². The van der Waals surface area contributed by atoms with E-state index in [9.17, 15) is 4.79 Å². The van der Waals surface area contributed by atoms with Crippen molar-refractivity contribution in [1.82, 2.24) is 9.47 Å². The zero-order valence-corrected chi connectivity index (χ0v) is 14.0. The fourth-order valence-electron chi connectivity index (χ4n) is 3.30. The fraction of sp³-hybridized carbons (Fsp3) is 0.526. The van der Waals surface area contributed by atoms with E-state index < -0.39 is 0 Å². The molecule has 1 aromatic carbocycles. The van der Waals surface area contributed by atoms with Crippen LogP contribution in [0.3, 0.4) is 0 Å². The van der Waals surface area contributed by atoms with Gasteiger partial charge in [0.25, 0.3) is 5.56 Å². The van der Waals surface area contributed by atoms with Gasteiger partial charge in [-0.2, -0.15) is 0 Å². The predicted octanol–water partition coefficient (Wildman–Crippen LogP) is 3.28. The number of hydrogen-bond acceptors (Lipinski definition) is 3. The van der Waals surface area contributed by atoms with Crippen LogP contribution in [0.5, 0.6) is 5.75 Å². The van der Waals surface area contributed by atoms with Gasteiger partial charge in [-0.3, -0.25) is 9.69 Å². The van der Waals surface area contributed by atoms with Gasteiger partial charge in [0, 0.05) is 24.7 Å². The van der Waals surface area contributed by atoms with Crippen LogP contribution in [0.2, 0.25) is 0 Å². The molecule has 23 heavy (non-hydrogen) atoms. The molecule has 0 amide bonds. The molecule has 0 spiro atoms. The normalized spacial score (nSPS) is 15.9. The molecule has 1 aliphatic heterocycles. The molecule has 2 heterocycles. The van der Waals surface area contributed by atoms with Crippen molar-refractivity contribution >= 4 is 10.8 Å². The van der Waals surface area contributed by atoms with E-state index in [2.05, 4.69) is 11.8 Å². The second-order valence-electron chi connectivity index (χ2n) is 6.28. The number of fused-ring (bicyclic) bond motifs is 1. The Morgan fingerprint density at radius 2 is 1.87 bits per heavy atom. The molecule has 0 bridgehead atoms. The highest BCUT2D eigenvalue weighted by molar-refractivity contribution is 5.87. The number of piperidine rings is 1. The van der Waals surface area contributed by atoms with Gasteiger partial charge >= 0.3 is 0 Å². The molecule has 3 rings (SSSR count). The predicted molar refractivity (Wildman–Crippen MR) is 94.3 cm³/mol. The van der Waals surface area contributed by atoms with Crippen molar-refractivity contribution in [3.05, 3.63) is 40.8 Å². The minimum atomic E-state index is 0.0748. The second kappa shape index (κ2) is 7.64. The summed E-state index contributed by atoms with van der Waals surface area (Å²) in [5.74, 6) is 0.820. The van der Waals surface area contributed by atoms with Gasteiger partial charge in [0.15, 0.2) is 0 Å². The van der Waals surface area contributed by atoms with Crippen LogP contribution in [0.4, 0.5) is 0 Å². The van der Waals surface area contributed by atoms with Crippen molar-refractivity contribution in [2.45, 2.75) is 39.2 Å². The third-order valence-electron chi connectivity index (χ3n) is 4.56. The van der Waals surface area contributed by atoms with Crippen LogP contribution in [0.15, 0.2) is 35.3 Å². The number of ether oxygens (including phenoxy) is 1. The lowest BCUT2D eigenvalue weighted by Crippen LogP contribution is -2.33. The molecule has 0 N–H and O–H groups in total. The lowest BCUT2D eigenvalue weighted by Gasteiger charge is -2.26. The number of aromatic nitrogens is 1. The summed E-state index contributed by atoms with van der Waals surface area (Å²) in [7, 11) is 0. The van der Waals surface area contributed by atoms with Crippen LogP contribution >= 0.6 is 0 Å². The average molecular weight is 314 g/mol. The molecule has 4 heteroatoms. The molecule has 1 saturated heterocycles. The van der Waals surface area contributed by atoms with E-state index in [0.29, 0.717) is 6.61 Å². The maximum atomic E-state index is 12.5. The van der Waals surface area contributed by atoms with E-state index in [-0.39, 0.29) is 5.56 Å². The fourth-order valence-corrected chi connectivity index (χ4v) is 3.30. The Morgan fingerprint density at radius 3 is 2.65 bits per heavy atom. The van der Waals surface area contributed by atoms with Gasteiger partial charge in [0.2, 0.25) is 0 Å². The molecule has 124 valence electrons. The molecular formula is C19H26N2O2. The molecule has 2 aromatic rings. The van der Waals surface area contributed by atoms with E-state index in [1.165, 1.54) is 32.4 Å². The zero-order valence-electron chi connectivity index (χ0n) is 14.0. The summed E-state index contributed by atoms with van der Waals surface area (Å²) in [6, 6.07) is 7.77. The lowest BCUT2D eigenvalue weighted by atomic mass is 10.1. The van der Waals surface area contributed by atoms with Crippen LogP contribution in [-0.4, -0.2) is 35.7 Å². The summed E-state index contributed by atoms with van der Waals surface area (Å²) in [6.45, 7) is 6.84. The molecule has 1 fully saturated rings. The van der Waals surface area contributed by atoms with Crippen LogP contribution in [0, 0.1) is 0 Å². The van der Waals surface area contributed by atoms with Crippen molar-refractivity contribution in [2.75, 3.05) is 26.2 Å². The molecule has 0 radical (unpaired) electrons. The summed E-state index contributed by atoms with van der Waals surface area (Å²) >= 11 is 0. The minimum absolute atomic E-state index is 0.0748. The first-order valence-electron chi connectivity index (χ1n) is 8.77. The number of hydrogen-bond donors (Lipinski definition) is 0. The van der Waals surface area contributed by atoms with Crippen molar-refractivity contribution in [3.8, 4) is 5.75 Å². The molecule has 0 aliphatic carbocycles. The lowest BCUT2D eigenvalue weighted by molar-refractivity contribution is 0.184. The van der Waals surface area contributed by atoms with Crippen LogP contribution in [0.25, 0.3) is 10.8 Å². The number of nitrogens with zero attached hydrogens (tertiary/aromatic N) is 2. The van der Waals surface area contributed by atoms with Gasteiger partial charge in [-0.25, -0.2) is 0 Å². The van der Waals surface area contributed by atoms with E-state index in [1.807, 2.05) is 30.5 Å². The van der Waals surface area contributed by atoms with Crippen molar-refractivity contribution in [2.24, 2.45) is 0 Å². The number of aryl methyl sites for hydroxylation is 1. The Balaban J connectivity index is 1.73. The van der Waals surface area contributed by atoms with E-state index in [0.717, 1.165) is 36.0 Å². The second-order valence-corrected chi connectivity index (χ2v) is 6.28. The number of pyridine rings is 1. The average Bonchev–Trinajstić information content (AvgIpc) is 2.59. The molecule has 1 aliphatic rings. The number of likely N-dealkylation sites (tertiary alicyclic amines) is 1. The SMILES string of the molecule is CCCn1ccc2c(OCCN3CCCCC3)cccc2c1=O.